The van der Waals surface area contributed by atoms with Crippen LogP contribution in [0.4, 0.5) is 0 Å². The zero-order valence-corrected chi connectivity index (χ0v) is 9.35. The fraction of sp³-hybridized carbons (Fsp3) is 0.200. The van der Waals surface area contributed by atoms with Crippen LogP contribution in [0.3, 0.4) is 0 Å². The number of phenolic OH excluding ortho intramolecular Hbond substituents is 1. The summed E-state index contributed by atoms with van der Waals surface area (Å²) in [5, 5.41) is 10.6. The smallest absolute Gasteiger partial charge is 0.139 e. The van der Waals surface area contributed by atoms with Crippen LogP contribution in [0.1, 0.15) is 11.3 Å². The van der Waals surface area contributed by atoms with Gasteiger partial charge < -0.3 is 15.8 Å². The molecular weight excluding hydrogens is 244 g/mol. The van der Waals surface area contributed by atoms with Crippen molar-refractivity contribution in [2.75, 3.05) is 0 Å². The van der Waals surface area contributed by atoms with Gasteiger partial charge in [-0.25, -0.2) is 0 Å². The molecule has 4 heteroatoms. The lowest BCUT2D eigenvalue weighted by atomic mass is 10.1. The molecule has 0 radical (unpaired) electrons. The zero-order valence-electron chi connectivity index (χ0n) is 7.76. The Kier molecular flexibility index (Phi) is 2.25. The number of fused-ring (bicyclic) bond motifs is 1. The van der Waals surface area contributed by atoms with Gasteiger partial charge in [0.05, 0.1) is 9.99 Å². The first-order valence-corrected chi connectivity index (χ1v) is 5.12. The van der Waals surface area contributed by atoms with Gasteiger partial charge in [-0.2, -0.15) is 0 Å². The molecule has 3 nitrogen and oxygen atoms in total. The summed E-state index contributed by atoms with van der Waals surface area (Å²) in [6.07, 6.45) is 0. The summed E-state index contributed by atoms with van der Waals surface area (Å²) in [7, 11) is 0. The molecule has 0 aliphatic rings. The lowest BCUT2D eigenvalue weighted by molar-refractivity contribution is 0.478. The fourth-order valence-corrected chi connectivity index (χ4v) is 2.13. The van der Waals surface area contributed by atoms with Crippen LogP contribution in [0.15, 0.2) is 16.6 Å². The monoisotopic (exact) mass is 254 g/mol. The molecule has 0 bridgehead atoms. The van der Waals surface area contributed by atoms with E-state index in [1.807, 2.05) is 19.1 Å². The number of hydrogen-bond donors (Lipinski definition) is 3. The molecular formula is C10H11BrN2O. The number of H-pyrrole nitrogens is 1. The highest BCUT2D eigenvalue weighted by atomic mass is 79.9. The molecule has 14 heavy (non-hydrogen) atoms. The third-order valence-corrected chi connectivity index (χ3v) is 2.92. The molecule has 4 N–H and O–H groups in total. The van der Waals surface area contributed by atoms with E-state index in [0.29, 0.717) is 11.0 Å². The topological polar surface area (TPSA) is 62.0 Å². The number of benzene rings is 1. The largest absolute Gasteiger partial charge is 0.506 e. The number of nitrogens with one attached hydrogen (secondary N) is 1. The van der Waals surface area contributed by atoms with Crippen molar-refractivity contribution in [3.05, 3.63) is 27.9 Å². The average Bonchev–Trinajstić information content (AvgIpc) is 2.58. The fourth-order valence-electron chi connectivity index (χ4n) is 1.58. The van der Waals surface area contributed by atoms with Gasteiger partial charge in [-0.05, 0) is 40.5 Å². The second-order valence-electron chi connectivity index (χ2n) is 3.31. The van der Waals surface area contributed by atoms with Crippen LogP contribution in [0.2, 0.25) is 0 Å². The lowest BCUT2D eigenvalue weighted by Gasteiger charge is -2.01. The third kappa shape index (κ3) is 1.31. The van der Waals surface area contributed by atoms with Crippen molar-refractivity contribution in [3.63, 3.8) is 0 Å². The van der Waals surface area contributed by atoms with E-state index in [2.05, 4.69) is 20.9 Å². The summed E-state index contributed by atoms with van der Waals surface area (Å²) >= 11 is 3.30. The Morgan fingerprint density at radius 1 is 1.50 bits per heavy atom. The van der Waals surface area contributed by atoms with Crippen LogP contribution in [0, 0.1) is 6.92 Å². The Morgan fingerprint density at radius 3 is 2.86 bits per heavy atom. The number of nitrogens with two attached hydrogens (primary N) is 1. The lowest BCUT2D eigenvalue weighted by Crippen LogP contribution is -1.95. The van der Waals surface area contributed by atoms with Gasteiger partial charge >= 0.3 is 0 Å². The van der Waals surface area contributed by atoms with Gasteiger partial charge in [0.2, 0.25) is 0 Å². The number of halogens is 1. The molecule has 2 aromatic rings. The molecule has 2 rings (SSSR count). The van der Waals surface area contributed by atoms with Crippen LogP contribution in [-0.2, 0) is 6.54 Å². The second kappa shape index (κ2) is 3.29. The molecule has 0 fully saturated rings. The first-order chi connectivity index (χ1) is 6.63. The van der Waals surface area contributed by atoms with Crippen LogP contribution < -0.4 is 5.73 Å². The predicted octanol–water partition coefficient (Wildman–Crippen LogP) is 2.40. The van der Waals surface area contributed by atoms with Gasteiger partial charge in [-0.3, -0.25) is 0 Å². The SMILES string of the molecule is Cc1cc(Br)c(O)c2cc(CN)[nH]c12. The Morgan fingerprint density at radius 2 is 2.21 bits per heavy atom. The highest BCUT2D eigenvalue weighted by Gasteiger charge is 2.10. The number of aromatic amines is 1. The maximum Gasteiger partial charge on any atom is 0.139 e. The van der Waals surface area contributed by atoms with Gasteiger partial charge in [-0.1, -0.05) is 0 Å². The van der Waals surface area contributed by atoms with Gasteiger partial charge in [0.1, 0.15) is 5.75 Å². The Balaban J connectivity index is 2.84. The number of aromatic hydroxyl groups is 1. The molecule has 0 aliphatic carbocycles. The summed E-state index contributed by atoms with van der Waals surface area (Å²) in [5.41, 5.74) is 8.49. The summed E-state index contributed by atoms with van der Waals surface area (Å²) in [6, 6.07) is 3.76. The first kappa shape index (κ1) is 9.55. The minimum Gasteiger partial charge on any atom is -0.506 e. The molecule has 0 saturated carbocycles. The van der Waals surface area contributed by atoms with E-state index in [-0.39, 0.29) is 5.75 Å². The van der Waals surface area contributed by atoms with E-state index < -0.39 is 0 Å². The van der Waals surface area contributed by atoms with E-state index in [1.165, 1.54) is 0 Å². The standard InChI is InChI=1S/C10H11BrN2O/c1-5-2-8(11)10(14)7-3-6(4-12)13-9(5)7/h2-3,13-14H,4,12H2,1H3. The van der Waals surface area contributed by atoms with Crippen LogP contribution in [0.25, 0.3) is 10.9 Å². The first-order valence-electron chi connectivity index (χ1n) is 4.33. The van der Waals surface area contributed by atoms with Crippen molar-refractivity contribution in [3.8, 4) is 5.75 Å². The molecule has 0 saturated heterocycles. The molecule has 1 heterocycles. The minimum absolute atomic E-state index is 0.265. The van der Waals surface area contributed by atoms with Crippen molar-refractivity contribution in [2.45, 2.75) is 13.5 Å². The van der Waals surface area contributed by atoms with E-state index in [0.717, 1.165) is 22.2 Å². The van der Waals surface area contributed by atoms with E-state index in [1.54, 1.807) is 0 Å². The molecule has 0 unspecified atom stereocenters. The van der Waals surface area contributed by atoms with Crippen molar-refractivity contribution in [1.82, 2.24) is 4.98 Å². The summed E-state index contributed by atoms with van der Waals surface area (Å²) in [6.45, 7) is 2.44. The van der Waals surface area contributed by atoms with Crippen molar-refractivity contribution in [1.29, 1.82) is 0 Å². The maximum absolute atomic E-state index is 9.78. The molecule has 0 aliphatic heterocycles. The van der Waals surface area contributed by atoms with Crippen molar-refractivity contribution >= 4 is 26.8 Å². The molecule has 0 spiro atoms. The Bertz CT molecular complexity index is 490. The maximum atomic E-state index is 9.78. The van der Waals surface area contributed by atoms with E-state index >= 15 is 0 Å². The number of aryl methyl sites for hydroxylation is 1. The van der Waals surface area contributed by atoms with Crippen molar-refractivity contribution in [2.24, 2.45) is 5.73 Å². The summed E-state index contributed by atoms with van der Waals surface area (Å²) < 4.78 is 0.713. The summed E-state index contributed by atoms with van der Waals surface area (Å²) in [4.78, 5) is 3.18. The van der Waals surface area contributed by atoms with Crippen LogP contribution >= 0.6 is 15.9 Å². The second-order valence-corrected chi connectivity index (χ2v) is 4.17. The summed E-state index contributed by atoms with van der Waals surface area (Å²) in [5.74, 6) is 0.265. The van der Waals surface area contributed by atoms with Crippen LogP contribution in [-0.4, -0.2) is 10.1 Å². The third-order valence-electron chi connectivity index (χ3n) is 2.31. The minimum atomic E-state index is 0.265. The average molecular weight is 255 g/mol. The van der Waals surface area contributed by atoms with E-state index in [9.17, 15) is 5.11 Å². The zero-order chi connectivity index (χ0) is 10.3. The molecule has 1 aromatic heterocycles. The molecule has 0 atom stereocenters. The van der Waals surface area contributed by atoms with Gasteiger partial charge in [0.15, 0.2) is 0 Å². The number of rotatable bonds is 1. The molecule has 1 aromatic carbocycles. The molecule has 0 amide bonds. The van der Waals surface area contributed by atoms with Crippen LogP contribution in [0.5, 0.6) is 5.75 Å². The van der Waals surface area contributed by atoms with Gasteiger partial charge in [-0.15, -0.1) is 0 Å². The van der Waals surface area contributed by atoms with Crippen molar-refractivity contribution < 1.29 is 5.11 Å². The Labute approximate surface area is 90.1 Å². The van der Waals surface area contributed by atoms with E-state index in [4.69, 9.17) is 5.73 Å². The highest BCUT2D eigenvalue weighted by molar-refractivity contribution is 9.10. The number of aromatic nitrogens is 1. The van der Waals surface area contributed by atoms with Gasteiger partial charge in [0.25, 0.3) is 0 Å². The van der Waals surface area contributed by atoms with Gasteiger partial charge in [0, 0.05) is 17.6 Å². The normalized spacial score (nSPS) is 11.1. The number of hydrogen-bond acceptors (Lipinski definition) is 2. The Hall–Kier alpha value is -1.00. The number of phenols is 1. The molecule has 74 valence electrons. The quantitative estimate of drug-likeness (QED) is 0.732. The highest BCUT2D eigenvalue weighted by Crippen LogP contribution is 2.35. The predicted molar refractivity (Wildman–Crippen MR) is 60.3 cm³/mol.